The number of aliphatic carboxylic acids is 1. The number of halogens is 1. The van der Waals surface area contributed by atoms with Gasteiger partial charge < -0.3 is 5.11 Å². The van der Waals surface area contributed by atoms with Crippen LogP contribution < -0.4 is 0 Å². The lowest BCUT2D eigenvalue weighted by Crippen LogP contribution is -2.38. The SMILES string of the molecule is CC(C)N(CC(=O)O)C(C)c1ccc(F)cn1. The van der Waals surface area contributed by atoms with Crippen LogP contribution in [0.2, 0.25) is 0 Å². The van der Waals surface area contributed by atoms with E-state index in [1.807, 2.05) is 20.8 Å². The first-order valence-corrected chi connectivity index (χ1v) is 5.50. The summed E-state index contributed by atoms with van der Waals surface area (Å²) in [6, 6.07) is 2.83. The van der Waals surface area contributed by atoms with Crippen LogP contribution in [0.3, 0.4) is 0 Å². The van der Waals surface area contributed by atoms with Crippen molar-refractivity contribution in [1.82, 2.24) is 9.88 Å². The second-order valence-electron chi connectivity index (χ2n) is 4.24. The quantitative estimate of drug-likeness (QED) is 0.856. The number of hydrogen-bond acceptors (Lipinski definition) is 3. The van der Waals surface area contributed by atoms with Crippen LogP contribution in [-0.2, 0) is 4.79 Å². The number of carboxylic acids is 1. The minimum absolute atomic E-state index is 0.0576. The Labute approximate surface area is 100 Å². The van der Waals surface area contributed by atoms with E-state index >= 15 is 0 Å². The summed E-state index contributed by atoms with van der Waals surface area (Å²) in [5, 5.41) is 8.85. The van der Waals surface area contributed by atoms with Crippen molar-refractivity contribution in [2.45, 2.75) is 32.9 Å². The summed E-state index contributed by atoms with van der Waals surface area (Å²) in [5.41, 5.74) is 0.668. The van der Waals surface area contributed by atoms with Gasteiger partial charge in [0.05, 0.1) is 24.5 Å². The van der Waals surface area contributed by atoms with E-state index in [1.165, 1.54) is 6.07 Å². The van der Waals surface area contributed by atoms with Crippen LogP contribution in [0.5, 0.6) is 0 Å². The molecule has 94 valence electrons. The summed E-state index contributed by atoms with van der Waals surface area (Å²) in [4.78, 5) is 16.6. The molecule has 0 amide bonds. The van der Waals surface area contributed by atoms with Gasteiger partial charge in [0.25, 0.3) is 0 Å². The molecule has 0 saturated heterocycles. The van der Waals surface area contributed by atoms with Gasteiger partial charge in [-0.25, -0.2) is 4.39 Å². The Kier molecular flexibility index (Phi) is 4.57. The predicted molar refractivity (Wildman–Crippen MR) is 62.1 cm³/mol. The molecule has 1 atom stereocenters. The molecule has 0 saturated carbocycles. The normalized spacial score (nSPS) is 13.1. The molecule has 0 aromatic carbocycles. The molecule has 0 bridgehead atoms. The van der Waals surface area contributed by atoms with Crippen molar-refractivity contribution in [2.75, 3.05) is 6.54 Å². The number of rotatable bonds is 5. The number of nitrogens with zero attached hydrogens (tertiary/aromatic N) is 2. The summed E-state index contributed by atoms with van der Waals surface area (Å²) in [6.07, 6.45) is 1.14. The first kappa shape index (κ1) is 13.6. The zero-order valence-electron chi connectivity index (χ0n) is 10.2. The van der Waals surface area contributed by atoms with E-state index in [2.05, 4.69) is 4.98 Å². The summed E-state index contributed by atoms with van der Waals surface area (Å²) >= 11 is 0. The number of carbonyl (C=O) groups is 1. The number of carboxylic acid groups (broad SMARTS) is 1. The van der Waals surface area contributed by atoms with Crippen molar-refractivity contribution in [3.8, 4) is 0 Å². The number of hydrogen-bond donors (Lipinski definition) is 1. The molecule has 1 aromatic heterocycles. The molecule has 1 aromatic rings. The molecule has 5 heteroatoms. The fraction of sp³-hybridized carbons (Fsp3) is 0.500. The Bertz CT molecular complexity index is 379. The second kappa shape index (κ2) is 5.72. The largest absolute Gasteiger partial charge is 0.480 e. The van der Waals surface area contributed by atoms with Crippen molar-refractivity contribution in [3.63, 3.8) is 0 Å². The average molecular weight is 240 g/mol. The smallest absolute Gasteiger partial charge is 0.317 e. The Balaban J connectivity index is 2.87. The van der Waals surface area contributed by atoms with Crippen LogP contribution >= 0.6 is 0 Å². The van der Waals surface area contributed by atoms with Gasteiger partial charge in [-0.3, -0.25) is 14.7 Å². The molecule has 0 fully saturated rings. The zero-order chi connectivity index (χ0) is 13.0. The van der Waals surface area contributed by atoms with E-state index in [-0.39, 0.29) is 18.6 Å². The maximum absolute atomic E-state index is 12.7. The first-order chi connectivity index (χ1) is 7.91. The Morgan fingerprint density at radius 2 is 2.12 bits per heavy atom. The van der Waals surface area contributed by atoms with E-state index in [4.69, 9.17) is 5.11 Å². The number of aromatic nitrogens is 1. The van der Waals surface area contributed by atoms with Crippen molar-refractivity contribution < 1.29 is 14.3 Å². The highest BCUT2D eigenvalue weighted by Crippen LogP contribution is 2.20. The molecule has 0 aliphatic carbocycles. The first-order valence-electron chi connectivity index (χ1n) is 5.50. The van der Waals surface area contributed by atoms with Crippen LogP contribution in [0.1, 0.15) is 32.5 Å². The van der Waals surface area contributed by atoms with Gasteiger partial charge in [0.1, 0.15) is 5.82 Å². The lowest BCUT2D eigenvalue weighted by molar-refractivity contribution is -0.139. The van der Waals surface area contributed by atoms with Crippen molar-refractivity contribution in [3.05, 3.63) is 29.8 Å². The van der Waals surface area contributed by atoms with Crippen LogP contribution in [-0.4, -0.2) is 33.5 Å². The molecule has 1 unspecified atom stereocenters. The van der Waals surface area contributed by atoms with Gasteiger partial charge in [0, 0.05) is 6.04 Å². The molecule has 1 N–H and O–H groups in total. The van der Waals surface area contributed by atoms with Crippen molar-refractivity contribution in [2.24, 2.45) is 0 Å². The topological polar surface area (TPSA) is 53.4 Å². The summed E-state index contributed by atoms with van der Waals surface area (Å²) in [6.45, 7) is 5.65. The van der Waals surface area contributed by atoms with Crippen LogP contribution in [0.4, 0.5) is 4.39 Å². The maximum atomic E-state index is 12.7. The van der Waals surface area contributed by atoms with Crippen molar-refractivity contribution >= 4 is 5.97 Å². The minimum atomic E-state index is -0.882. The highest BCUT2D eigenvalue weighted by atomic mass is 19.1. The molecule has 0 spiro atoms. The van der Waals surface area contributed by atoms with Crippen LogP contribution in [0.25, 0.3) is 0 Å². The Morgan fingerprint density at radius 1 is 1.47 bits per heavy atom. The third-order valence-electron chi connectivity index (χ3n) is 2.66. The number of pyridine rings is 1. The van der Waals surface area contributed by atoms with Gasteiger partial charge in [0.2, 0.25) is 0 Å². The van der Waals surface area contributed by atoms with Gasteiger partial charge in [-0.1, -0.05) is 0 Å². The van der Waals surface area contributed by atoms with E-state index < -0.39 is 11.8 Å². The van der Waals surface area contributed by atoms with Gasteiger partial charge in [-0.05, 0) is 32.9 Å². The Morgan fingerprint density at radius 3 is 2.53 bits per heavy atom. The standard InChI is InChI=1S/C12H17FN2O2/c1-8(2)15(7-12(16)17)9(3)11-5-4-10(13)6-14-11/h4-6,8-9H,7H2,1-3H3,(H,16,17). The van der Waals surface area contributed by atoms with Gasteiger partial charge in [-0.2, -0.15) is 0 Å². The third-order valence-corrected chi connectivity index (χ3v) is 2.66. The Hall–Kier alpha value is -1.49. The molecule has 1 heterocycles. The van der Waals surface area contributed by atoms with Crippen LogP contribution in [0, 0.1) is 5.82 Å². The lowest BCUT2D eigenvalue weighted by atomic mass is 10.1. The van der Waals surface area contributed by atoms with Crippen LogP contribution in [0.15, 0.2) is 18.3 Å². The van der Waals surface area contributed by atoms with Crippen molar-refractivity contribution in [1.29, 1.82) is 0 Å². The molecule has 0 radical (unpaired) electrons. The highest BCUT2D eigenvalue weighted by molar-refractivity contribution is 5.69. The second-order valence-corrected chi connectivity index (χ2v) is 4.24. The molecular weight excluding hydrogens is 223 g/mol. The van der Waals surface area contributed by atoms with E-state index in [9.17, 15) is 9.18 Å². The molecule has 1 rings (SSSR count). The van der Waals surface area contributed by atoms with E-state index in [0.29, 0.717) is 5.69 Å². The lowest BCUT2D eigenvalue weighted by Gasteiger charge is -2.30. The highest BCUT2D eigenvalue weighted by Gasteiger charge is 2.22. The summed E-state index contributed by atoms with van der Waals surface area (Å²) in [7, 11) is 0. The summed E-state index contributed by atoms with van der Waals surface area (Å²) < 4.78 is 12.7. The third kappa shape index (κ3) is 3.78. The van der Waals surface area contributed by atoms with Gasteiger partial charge in [-0.15, -0.1) is 0 Å². The fourth-order valence-corrected chi connectivity index (χ4v) is 1.73. The van der Waals surface area contributed by atoms with Gasteiger partial charge in [0.15, 0.2) is 0 Å². The maximum Gasteiger partial charge on any atom is 0.317 e. The zero-order valence-corrected chi connectivity index (χ0v) is 10.2. The molecule has 17 heavy (non-hydrogen) atoms. The minimum Gasteiger partial charge on any atom is -0.480 e. The molecular formula is C12H17FN2O2. The fourth-order valence-electron chi connectivity index (χ4n) is 1.73. The molecule has 4 nitrogen and oxygen atoms in total. The monoisotopic (exact) mass is 240 g/mol. The summed E-state index contributed by atoms with van der Waals surface area (Å²) in [5.74, 6) is -1.28. The predicted octanol–water partition coefficient (Wildman–Crippen LogP) is 2.08. The van der Waals surface area contributed by atoms with E-state index in [0.717, 1.165) is 6.20 Å². The molecule has 0 aliphatic rings. The van der Waals surface area contributed by atoms with Gasteiger partial charge >= 0.3 is 5.97 Å². The molecule has 0 aliphatic heterocycles. The average Bonchev–Trinajstić information content (AvgIpc) is 2.25. The van der Waals surface area contributed by atoms with E-state index in [1.54, 1.807) is 11.0 Å².